The number of anilines is 1. The molecular formula is C19H21N5O2. The molecule has 0 fully saturated rings. The lowest BCUT2D eigenvalue weighted by Gasteiger charge is -2.09. The summed E-state index contributed by atoms with van der Waals surface area (Å²) in [5.74, 6) is 0.488. The fraction of sp³-hybridized carbons (Fsp3) is 0.263. The minimum atomic E-state index is -0.166. The zero-order chi connectivity index (χ0) is 18.5. The average Bonchev–Trinajstić information content (AvgIpc) is 3.05. The summed E-state index contributed by atoms with van der Waals surface area (Å²) in [6.07, 6.45) is 2.48. The first-order valence-corrected chi connectivity index (χ1v) is 8.52. The van der Waals surface area contributed by atoms with Crippen LogP contribution >= 0.6 is 0 Å². The molecule has 0 bridgehead atoms. The van der Waals surface area contributed by atoms with Crippen LogP contribution in [0.5, 0.6) is 0 Å². The second-order valence-corrected chi connectivity index (χ2v) is 6.27. The third-order valence-corrected chi connectivity index (χ3v) is 3.96. The van der Waals surface area contributed by atoms with E-state index in [4.69, 9.17) is 0 Å². The van der Waals surface area contributed by atoms with E-state index in [1.54, 1.807) is 24.3 Å². The van der Waals surface area contributed by atoms with Crippen molar-refractivity contribution >= 4 is 23.1 Å². The van der Waals surface area contributed by atoms with E-state index in [-0.39, 0.29) is 17.7 Å². The molecule has 2 heterocycles. The normalized spacial score (nSPS) is 10.9. The number of benzene rings is 1. The van der Waals surface area contributed by atoms with Gasteiger partial charge < -0.3 is 10.6 Å². The first kappa shape index (κ1) is 17.6. The number of hydrogen-bond acceptors (Lipinski definition) is 4. The number of nitrogens with one attached hydrogen (secondary N) is 2. The quantitative estimate of drug-likeness (QED) is 0.713. The van der Waals surface area contributed by atoms with Gasteiger partial charge in [0.25, 0.3) is 5.91 Å². The number of amides is 2. The highest BCUT2D eigenvalue weighted by Crippen LogP contribution is 2.11. The second kappa shape index (κ2) is 7.77. The number of nitrogens with zero attached hydrogens (tertiary/aromatic N) is 3. The Kier molecular flexibility index (Phi) is 5.26. The van der Waals surface area contributed by atoms with Gasteiger partial charge >= 0.3 is 0 Å². The van der Waals surface area contributed by atoms with Crippen LogP contribution in [0.4, 0.5) is 5.69 Å². The molecule has 7 nitrogen and oxygen atoms in total. The Bertz CT molecular complexity index is 915. The van der Waals surface area contributed by atoms with Crippen LogP contribution in [-0.2, 0) is 11.2 Å². The van der Waals surface area contributed by atoms with Gasteiger partial charge in [-0.3, -0.25) is 14.0 Å². The lowest BCUT2D eigenvalue weighted by atomic mass is 10.1. The molecule has 0 aliphatic rings. The fourth-order valence-corrected chi connectivity index (χ4v) is 2.44. The van der Waals surface area contributed by atoms with E-state index in [9.17, 15) is 9.59 Å². The highest BCUT2D eigenvalue weighted by Gasteiger charge is 2.10. The number of hydrogen-bond donors (Lipinski definition) is 2. The van der Waals surface area contributed by atoms with Gasteiger partial charge in [0.1, 0.15) is 5.82 Å². The third-order valence-electron chi connectivity index (χ3n) is 3.96. The van der Waals surface area contributed by atoms with Crippen LogP contribution < -0.4 is 10.6 Å². The number of fused-ring (bicyclic) bond motifs is 1. The third kappa shape index (κ3) is 4.05. The molecule has 0 saturated heterocycles. The van der Waals surface area contributed by atoms with Gasteiger partial charge in [-0.05, 0) is 36.4 Å². The van der Waals surface area contributed by atoms with Crippen LogP contribution in [0.3, 0.4) is 0 Å². The fourth-order valence-electron chi connectivity index (χ4n) is 2.44. The summed E-state index contributed by atoms with van der Waals surface area (Å²) < 4.78 is 1.90. The Labute approximate surface area is 151 Å². The van der Waals surface area contributed by atoms with E-state index in [0.29, 0.717) is 24.2 Å². The summed E-state index contributed by atoms with van der Waals surface area (Å²) in [6.45, 7) is 4.12. The van der Waals surface area contributed by atoms with Crippen molar-refractivity contribution in [1.29, 1.82) is 0 Å². The van der Waals surface area contributed by atoms with E-state index >= 15 is 0 Å². The summed E-state index contributed by atoms with van der Waals surface area (Å²) in [7, 11) is 0. The van der Waals surface area contributed by atoms with Crippen LogP contribution in [0, 0.1) is 5.92 Å². The zero-order valence-electron chi connectivity index (χ0n) is 14.8. The smallest absolute Gasteiger partial charge is 0.251 e. The van der Waals surface area contributed by atoms with E-state index in [1.165, 1.54) is 0 Å². The molecule has 7 heteroatoms. The van der Waals surface area contributed by atoms with Crippen LogP contribution in [0.15, 0.2) is 48.7 Å². The molecule has 26 heavy (non-hydrogen) atoms. The molecule has 0 saturated carbocycles. The Morgan fingerprint density at radius 2 is 1.85 bits per heavy atom. The minimum absolute atomic E-state index is 0.0530. The molecule has 2 amide bonds. The van der Waals surface area contributed by atoms with Crippen LogP contribution in [0.1, 0.15) is 30.0 Å². The van der Waals surface area contributed by atoms with E-state index in [1.807, 2.05) is 42.6 Å². The van der Waals surface area contributed by atoms with Crippen molar-refractivity contribution in [1.82, 2.24) is 19.9 Å². The van der Waals surface area contributed by atoms with E-state index in [0.717, 1.165) is 11.5 Å². The Hall–Kier alpha value is -3.22. The van der Waals surface area contributed by atoms with Crippen molar-refractivity contribution in [3.8, 4) is 0 Å². The Morgan fingerprint density at radius 1 is 1.08 bits per heavy atom. The van der Waals surface area contributed by atoms with Gasteiger partial charge in [0.05, 0.1) is 0 Å². The van der Waals surface area contributed by atoms with Crippen molar-refractivity contribution in [2.45, 2.75) is 20.3 Å². The molecule has 0 spiro atoms. The zero-order valence-corrected chi connectivity index (χ0v) is 14.8. The molecule has 134 valence electrons. The number of aromatic nitrogens is 3. The molecule has 0 radical (unpaired) electrons. The second-order valence-electron chi connectivity index (χ2n) is 6.27. The SMILES string of the molecule is CC(C)C(=O)Nc1ccc(C(=O)NCCc2nnc3ccccn23)cc1. The van der Waals surface area contributed by atoms with Crippen molar-refractivity contribution in [3.05, 3.63) is 60.0 Å². The molecular weight excluding hydrogens is 330 g/mol. The Morgan fingerprint density at radius 3 is 2.58 bits per heavy atom. The van der Waals surface area contributed by atoms with Gasteiger partial charge in [-0.25, -0.2) is 0 Å². The van der Waals surface area contributed by atoms with Gasteiger partial charge in [0, 0.05) is 36.3 Å². The van der Waals surface area contributed by atoms with E-state index in [2.05, 4.69) is 20.8 Å². The maximum atomic E-state index is 12.2. The monoisotopic (exact) mass is 351 g/mol. The van der Waals surface area contributed by atoms with Crippen molar-refractivity contribution in [3.63, 3.8) is 0 Å². The number of rotatable bonds is 6. The molecule has 3 aromatic rings. The van der Waals surface area contributed by atoms with Gasteiger partial charge in [-0.1, -0.05) is 19.9 Å². The Balaban J connectivity index is 1.54. The van der Waals surface area contributed by atoms with Crippen LogP contribution in [-0.4, -0.2) is 33.0 Å². The summed E-state index contributed by atoms with van der Waals surface area (Å²) in [5, 5.41) is 13.9. The molecule has 2 N–H and O–H groups in total. The highest BCUT2D eigenvalue weighted by atomic mass is 16.2. The molecule has 2 aromatic heterocycles. The van der Waals surface area contributed by atoms with E-state index < -0.39 is 0 Å². The largest absolute Gasteiger partial charge is 0.352 e. The standard InChI is InChI=1S/C19H21N5O2/c1-13(2)18(25)21-15-8-6-14(7-9-15)19(26)20-11-10-17-23-22-16-5-3-4-12-24(16)17/h3-9,12-13H,10-11H2,1-2H3,(H,20,26)(H,21,25). The van der Waals surface area contributed by atoms with Crippen LogP contribution in [0.2, 0.25) is 0 Å². The number of carbonyl (C=O) groups excluding carboxylic acids is 2. The van der Waals surface area contributed by atoms with Gasteiger partial charge in [-0.2, -0.15) is 0 Å². The highest BCUT2D eigenvalue weighted by molar-refractivity contribution is 5.96. The first-order chi connectivity index (χ1) is 12.5. The average molecular weight is 351 g/mol. The summed E-state index contributed by atoms with van der Waals surface area (Å²) in [5.41, 5.74) is 2.00. The summed E-state index contributed by atoms with van der Waals surface area (Å²) in [6, 6.07) is 12.5. The summed E-state index contributed by atoms with van der Waals surface area (Å²) >= 11 is 0. The lowest BCUT2D eigenvalue weighted by molar-refractivity contribution is -0.118. The maximum Gasteiger partial charge on any atom is 0.251 e. The van der Waals surface area contributed by atoms with Crippen LogP contribution in [0.25, 0.3) is 5.65 Å². The minimum Gasteiger partial charge on any atom is -0.352 e. The molecule has 1 aromatic carbocycles. The van der Waals surface area contributed by atoms with Crippen molar-refractivity contribution < 1.29 is 9.59 Å². The molecule has 0 aliphatic heterocycles. The lowest BCUT2D eigenvalue weighted by Crippen LogP contribution is -2.26. The van der Waals surface area contributed by atoms with Crippen molar-refractivity contribution in [2.24, 2.45) is 5.92 Å². The topological polar surface area (TPSA) is 88.4 Å². The number of pyridine rings is 1. The molecule has 0 atom stereocenters. The summed E-state index contributed by atoms with van der Waals surface area (Å²) in [4.78, 5) is 23.9. The number of carbonyl (C=O) groups is 2. The maximum absolute atomic E-state index is 12.2. The predicted molar refractivity (Wildman–Crippen MR) is 98.9 cm³/mol. The first-order valence-electron chi connectivity index (χ1n) is 8.52. The predicted octanol–water partition coefficient (Wildman–Crippen LogP) is 2.30. The van der Waals surface area contributed by atoms with Gasteiger partial charge in [0.15, 0.2) is 5.65 Å². The van der Waals surface area contributed by atoms with Crippen molar-refractivity contribution in [2.75, 3.05) is 11.9 Å². The molecule has 0 unspecified atom stereocenters. The van der Waals surface area contributed by atoms with Gasteiger partial charge in [-0.15, -0.1) is 10.2 Å². The molecule has 0 aliphatic carbocycles. The molecule has 3 rings (SSSR count). The van der Waals surface area contributed by atoms with Gasteiger partial charge in [0.2, 0.25) is 5.91 Å².